The smallest absolute Gasteiger partial charge is 0.250 e. The van der Waals surface area contributed by atoms with Gasteiger partial charge in [-0.1, -0.05) is 25.4 Å². The SMILES string of the molecule is CCN(CC)CCCC(C)Nc1cc(=O)[nH]c2cc(Cl)ccc12. The Morgan fingerprint density at radius 1 is 1.26 bits per heavy atom. The molecule has 5 heteroatoms. The number of nitrogens with zero attached hydrogens (tertiary/aromatic N) is 1. The first-order valence-electron chi connectivity index (χ1n) is 8.35. The van der Waals surface area contributed by atoms with E-state index >= 15 is 0 Å². The molecule has 1 aromatic carbocycles. The van der Waals surface area contributed by atoms with Crippen molar-refractivity contribution in [2.24, 2.45) is 0 Å². The summed E-state index contributed by atoms with van der Waals surface area (Å²) in [6.07, 6.45) is 2.21. The van der Waals surface area contributed by atoms with Crippen LogP contribution in [0.5, 0.6) is 0 Å². The topological polar surface area (TPSA) is 48.1 Å². The third kappa shape index (κ3) is 4.98. The quantitative estimate of drug-likeness (QED) is 0.763. The van der Waals surface area contributed by atoms with Crippen LogP contribution >= 0.6 is 11.6 Å². The second-order valence-electron chi connectivity index (χ2n) is 5.95. The number of halogens is 1. The molecule has 1 heterocycles. The number of fused-ring (bicyclic) bond motifs is 1. The Morgan fingerprint density at radius 3 is 2.70 bits per heavy atom. The highest BCUT2D eigenvalue weighted by molar-refractivity contribution is 6.31. The lowest BCUT2D eigenvalue weighted by atomic mass is 10.1. The van der Waals surface area contributed by atoms with Crippen molar-refractivity contribution in [2.45, 2.75) is 39.7 Å². The number of H-pyrrole nitrogens is 1. The third-order valence-corrected chi connectivity index (χ3v) is 4.45. The molecule has 126 valence electrons. The fraction of sp³-hybridized carbons (Fsp3) is 0.500. The predicted octanol–water partition coefficient (Wildman–Crippen LogP) is 4.10. The predicted molar refractivity (Wildman–Crippen MR) is 99.7 cm³/mol. The Morgan fingerprint density at radius 2 is 2.00 bits per heavy atom. The summed E-state index contributed by atoms with van der Waals surface area (Å²) in [4.78, 5) is 17.1. The monoisotopic (exact) mass is 335 g/mol. The van der Waals surface area contributed by atoms with Crippen LogP contribution < -0.4 is 10.9 Å². The second-order valence-corrected chi connectivity index (χ2v) is 6.39. The first-order chi connectivity index (χ1) is 11.0. The molecule has 2 rings (SSSR count). The summed E-state index contributed by atoms with van der Waals surface area (Å²) < 4.78 is 0. The maximum Gasteiger partial charge on any atom is 0.250 e. The lowest BCUT2D eigenvalue weighted by Crippen LogP contribution is -2.25. The van der Waals surface area contributed by atoms with E-state index in [2.05, 4.69) is 36.0 Å². The van der Waals surface area contributed by atoms with Crippen LogP contribution in [0.2, 0.25) is 5.02 Å². The van der Waals surface area contributed by atoms with Gasteiger partial charge in [0, 0.05) is 28.2 Å². The number of hydrogen-bond donors (Lipinski definition) is 2. The van der Waals surface area contributed by atoms with Crippen molar-refractivity contribution in [3.05, 3.63) is 39.6 Å². The van der Waals surface area contributed by atoms with Gasteiger partial charge in [-0.25, -0.2) is 0 Å². The molecule has 2 N–H and O–H groups in total. The van der Waals surface area contributed by atoms with Gasteiger partial charge in [0.1, 0.15) is 0 Å². The standard InChI is InChI=1S/C18H26ClN3O/c1-4-22(5-2)10-6-7-13(3)20-17-12-18(23)21-16-11-14(19)8-9-15(16)17/h8-9,11-13H,4-7,10H2,1-3H3,(H2,20,21,23). The number of rotatable bonds is 8. The molecule has 0 radical (unpaired) electrons. The zero-order valence-corrected chi connectivity index (χ0v) is 14.9. The van der Waals surface area contributed by atoms with E-state index < -0.39 is 0 Å². The molecule has 0 fully saturated rings. The molecule has 1 unspecified atom stereocenters. The van der Waals surface area contributed by atoms with Gasteiger partial charge in [-0.2, -0.15) is 0 Å². The minimum Gasteiger partial charge on any atom is -0.382 e. The van der Waals surface area contributed by atoms with Gasteiger partial charge in [-0.15, -0.1) is 0 Å². The molecular weight excluding hydrogens is 310 g/mol. The van der Waals surface area contributed by atoms with Crippen molar-refractivity contribution in [1.82, 2.24) is 9.88 Å². The summed E-state index contributed by atoms with van der Waals surface area (Å²) in [5.74, 6) is 0. The van der Waals surface area contributed by atoms with Crippen molar-refractivity contribution in [3.8, 4) is 0 Å². The highest BCUT2D eigenvalue weighted by Gasteiger charge is 2.08. The summed E-state index contributed by atoms with van der Waals surface area (Å²) in [5, 5.41) is 5.09. The maximum atomic E-state index is 11.8. The van der Waals surface area contributed by atoms with Crippen LogP contribution in [0.1, 0.15) is 33.6 Å². The summed E-state index contributed by atoms with van der Waals surface area (Å²) in [5.41, 5.74) is 1.52. The number of anilines is 1. The number of aromatic amines is 1. The van der Waals surface area contributed by atoms with E-state index in [0.717, 1.165) is 49.1 Å². The Bertz CT molecular complexity index is 694. The summed E-state index contributed by atoms with van der Waals surface area (Å²) >= 11 is 6.01. The molecule has 0 aliphatic carbocycles. The van der Waals surface area contributed by atoms with Gasteiger partial charge in [0.25, 0.3) is 0 Å². The van der Waals surface area contributed by atoms with E-state index in [1.54, 1.807) is 12.1 Å². The van der Waals surface area contributed by atoms with Crippen molar-refractivity contribution < 1.29 is 0 Å². The first kappa shape index (κ1) is 17.8. The van der Waals surface area contributed by atoms with Gasteiger partial charge in [0.2, 0.25) is 5.56 Å². The average molecular weight is 336 g/mol. The minimum absolute atomic E-state index is 0.113. The van der Waals surface area contributed by atoms with Crippen LogP contribution in [0.3, 0.4) is 0 Å². The Labute approximate surface area is 142 Å². The normalized spacial score (nSPS) is 12.7. The minimum atomic E-state index is -0.113. The molecule has 0 aliphatic heterocycles. The van der Waals surface area contributed by atoms with E-state index in [0.29, 0.717) is 11.1 Å². The van der Waals surface area contributed by atoms with E-state index in [9.17, 15) is 4.79 Å². The van der Waals surface area contributed by atoms with Crippen LogP contribution in [-0.4, -0.2) is 35.6 Å². The fourth-order valence-electron chi connectivity index (χ4n) is 2.85. The van der Waals surface area contributed by atoms with Crippen LogP contribution in [0.25, 0.3) is 10.9 Å². The Balaban J connectivity index is 2.04. The van der Waals surface area contributed by atoms with Gasteiger partial charge in [-0.3, -0.25) is 4.79 Å². The Kier molecular flexibility index (Phi) is 6.48. The van der Waals surface area contributed by atoms with Crippen molar-refractivity contribution in [1.29, 1.82) is 0 Å². The molecule has 0 saturated heterocycles. The van der Waals surface area contributed by atoms with Crippen LogP contribution in [-0.2, 0) is 0 Å². The number of benzene rings is 1. The molecule has 23 heavy (non-hydrogen) atoms. The van der Waals surface area contributed by atoms with Gasteiger partial charge in [0.05, 0.1) is 5.52 Å². The molecule has 0 bridgehead atoms. The van der Waals surface area contributed by atoms with Gasteiger partial charge in [-0.05, 0) is 57.6 Å². The molecule has 4 nitrogen and oxygen atoms in total. The molecule has 0 aliphatic rings. The molecule has 2 aromatic rings. The molecular formula is C18H26ClN3O. The number of nitrogens with one attached hydrogen (secondary N) is 2. The highest BCUT2D eigenvalue weighted by atomic mass is 35.5. The van der Waals surface area contributed by atoms with Gasteiger partial charge >= 0.3 is 0 Å². The maximum absolute atomic E-state index is 11.8. The zero-order chi connectivity index (χ0) is 16.8. The Hall–Kier alpha value is -1.52. The number of pyridine rings is 1. The largest absolute Gasteiger partial charge is 0.382 e. The highest BCUT2D eigenvalue weighted by Crippen LogP contribution is 2.24. The lowest BCUT2D eigenvalue weighted by molar-refractivity contribution is 0.295. The molecule has 1 aromatic heterocycles. The summed E-state index contributed by atoms with van der Waals surface area (Å²) in [6.45, 7) is 9.85. The second kappa shape index (κ2) is 8.37. The summed E-state index contributed by atoms with van der Waals surface area (Å²) in [7, 11) is 0. The van der Waals surface area contributed by atoms with Crippen LogP contribution in [0.15, 0.2) is 29.1 Å². The first-order valence-corrected chi connectivity index (χ1v) is 8.72. The molecule has 0 saturated carbocycles. The number of hydrogen-bond acceptors (Lipinski definition) is 3. The van der Waals surface area contributed by atoms with E-state index in [1.807, 2.05) is 12.1 Å². The average Bonchev–Trinajstić information content (AvgIpc) is 2.51. The number of aromatic nitrogens is 1. The van der Waals surface area contributed by atoms with E-state index in [1.165, 1.54) is 0 Å². The van der Waals surface area contributed by atoms with Gasteiger partial charge < -0.3 is 15.2 Å². The molecule has 0 spiro atoms. The van der Waals surface area contributed by atoms with E-state index in [4.69, 9.17) is 11.6 Å². The van der Waals surface area contributed by atoms with Crippen molar-refractivity contribution >= 4 is 28.2 Å². The van der Waals surface area contributed by atoms with Crippen LogP contribution in [0, 0.1) is 0 Å². The van der Waals surface area contributed by atoms with Crippen molar-refractivity contribution in [3.63, 3.8) is 0 Å². The summed E-state index contributed by atoms with van der Waals surface area (Å²) in [6, 6.07) is 7.51. The third-order valence-electron chi connectivity index (χ3n) is 4.21. The van der Waals surface area contributed by atoms with Crippen LogP contribution in [0.4, 0.5) is 5.69 Å². The van der Waals surface area contributed by atoms with E-state index in [-0.39, 0.29) is 5.56 Å². The van der Waals surface area contributed by atoms with Gasteiger partial charge in [0.15, 0.2) is 0 Å². The molecule has 1 atom stereocenters. The zero-order valence-electron chi connectivity index (χ0n) is 14.2. The van der Waals surface area contributed by atoms with Crippen molar-refractivity contribution in [2.75, 3.05) is 25.0 Å². The fourth-order valence-corrected chi connectivity index (χ4v) is 3.02. The molecule has 0 amide bonds. The lowest BCUT2D eigenvalue weighted by Gasteiger charge is -2.20.